The average molecular weight is 478 g/mol. The maximum Gasteiger partial charge on any atom is 0.334 e. The van der Waals surface area contributed by atoms with Crippen molar-refractivity contribution >= 4 is 37.7 Å². The van der Waals surface area contributed by atoms with Gasteiger partial charge in [0.05, 0.1) is 17.0 Å². The molecule has 0 aromatic carbocycles. The summed E-state index contributed by atoms with van der Waals surface area (Å²) in [5.41, 5.74) is 5.06. The first kappa shape index (κ1) is 21.3. The van der Waals surface area contributed by atoms with Crippen molar-refractivity contribution < 1.29 is 8.42 Å². The van der Waals surface area contributed by atoms with Gasteiger partial charge in [0.25, 0.3) is 0 Å². The maximum atomic E-state index is 13.7. The van der Waals surface area contributed by atoms with Gasteiger partial charge in [-0.3, -0.25) is 4.57 Å². The van der Waals surface area contributed by atoms with Crippen molar-refractivity contribution in [3.05, 3.63) is 53.3 Å². The molecule has 1 N–H and O–H groups in total. The molecule has 4 aromatic rings. The number of allylic oxidation sites excluding steroid dienone is 2. The van der Waals surface area contributed by atoms with E-state index in [1.165, 1.54) is 0 Å². The molecule has 4 aromatic heterocycles. The Kier molecular flexibility index (Phi) is 5.17. The first-order valence-corrected chi connectivity index (χ1v) is 13.8. The number of rotatable bonds is 4. The first-order chi connectivity index (χ1) is 16.5. The lowest BCUT2D eigenvalue weighted by atomic mass is 10.0. The summed E-state index contributed by atoms with van der Waals surface area (Å²) < 4.78 is 27.4. The van der Waals surface area contributed by atoms with Gasteiger partial charge in [-0.1, -0.05) is 6.08 Å². The number of hydrogen-bond acceptors (Lipinski definition) is 5. The van der Waals surface area contributed by atoms with Crippen LogP contribution in [0.15, 0.2) is 47.7 Å². The maximum absolute atomic E-state index is 13.7. The number of nitrogens with one attached hydrogen (secondary N) is 1. The molecule has 5 heterocycles. The molecule has 1 saturated heterocycles. The van der Waals surface area contributed by atoms with Crippen LogP contribution in [0.5, 0.6) is 0 Å². The molecule has 2 aliphatic rings. The van der Waals surface area contributed by atoms with Gasteiger partial charge in [0, 0.05) is 47.3 Å². The summed E-state index contributed by atoms with van der Waals surface area (Å²) in [6, 6.07) is 6.08. The van der Waals surface area contributed by atoms with Crippen LogP contribution in [0.4, 0.5) is 0 Å². The minimum atomic E-state index is -2.95. The molecule has 0 amide bonds. The Morgan fingerprint density at radius 3 is 2.65 bits per heavy atom. The molecular weight excluding hydrogens is 450 g/mol. The monoisotopic (exact) mass is 477 g/mol. The van der Waals surface area contributed by atoms with Crippen LogP contribution in [0.3, 0.4) is 0 Å². The van der Waals surface area contributed by atoms with Gasteiger partial charge in [-0.2, -0.15) is 0 Å². The molecule has 34 heavy (non-hydrogen) atoms. The Bertz CT molecular complexity index is 1580. The highest BCUT2D eigenvalue weighted by molar-refractivity contribution is 7.91. The standard InChI is InChI=1S/C25H27N5O3S/c31-25-29(16-17-7-10-34(32,33)11-8-17)22-13-20(19-12-18-6-9-26-23(18)27-14-19)15-28-24(22)30(25)21-4-2-1-3-5-21/h4,6,9,12-15,17H,1-3,5,7-8,10-11,16H2,(H,26,27). The summed E-state index contributed by atoms with van der Waals surface area (Å²) in [5, 5.41) is 1.02. The van der Waals surface area contributed by atoms with Crippen LogP contribution >= 0.6 is 0 Å². The molecule has 176 valence electrons. The molecule has 9 heteroatoms. The van der Waals surface area contributed by atoms with Crippen molar-refractivity contribution in [2.24, 2.45) is 5.92 Å². The van der Waals surface area contributed by atoms with Crippen molar-refractivity contribution in [3.8, 4) is 11.1 Å². The number of aromatic amines is 1. The van der Waals surface area contributed by atoms with Gasteiger partial charge < -0.3 is 4.98 Å². The van der Waals surface area contributed by atoms with Crippen LogP contribution in [0.25, 0.3) is 39.0 Å². The van der Waals surface area contributed by atoms with Gasteiger partial charge >= 0.3 is 5.69 Å². The minimum Gasteiger partial charge on any atom is -0.346 e. The summed E-state index contributed by atoms with van der Waals surface area (Å²) in [6.45, 7) is 0.505. The van der Waals surface area contributed by atoms with Gasteiger partial charge in [0.1, 0.15) is 15.5 Å². The van der Waals surface area contributed by atoms with Crippen LogP contribution in [0.1, 0.15) is 38.5 Å². The summed E-state index contributed by atoms with van der Waals surface area (Å²) in [4.78, 5) is 26.1. The molecule has 0 spiro atoms. The van der Waals surface area contributed by atoms with Crippen LogP contribution in [-0.2, 0) is 16.4 Å². The van der Waals surface area contributed by atoms with Crippen molar-refractivity contribution in [3.63, 3.8) is 0 Å². The second-order valence-electron chi connectivity index (χ2n) is 9.47. The van der Waals surface area contributed by atoms with Crippen LogP contribution in [0.2, 0.25) is 0 Å². The highest BCUT2D eigenvalue weighted by atomic mass is 32.2. The molecule has 1 fully saturated rings. The second-order valence-corrected chi connectivity index (χ2v) is 11.8. The van der Waals surface area contributed by atoms with Crippen LogP contribution in [-0.4, -0.2) is 44.0 Å². The zero-order chi connectivity index (χ0) is 23.3. The lowest BCUT2D eigenvalue weighted by Gasteiger charge is -2.22. The molecule has 0 bridgehead atoms. The van der Waals surface area contributed by atoms with E-state index in [2.05, 4.69) is 22.1 Å². The SMILES string of the molecule is O=c1n(CC2CCS(=O)(=O)CC2)c2cc(-c3cnc4[nH]ccc4c3)cnc2n1C1=CCCCC1. The number of aromatic nitrogens is 5. The quantitative estimate of drug-likeness (QED) is 0.479. The zero-order valence-corrected chi connectivity index (χ0v) is 19.7. The highest BCUT2D eigenvalue weighted by Crippen LogP contribution is 2.29. The van der Waals surface area contributed by atoms with E-state index in [1.54, 1.807) is 4.57 Å². The number of hydrogen-bond donors (Lipinski definition) is 1. The number of nitrogens with zero attached hydrogens (tertiary/aromatic N) is 4. The van der Waals surface area contributed by atoms with Gasteiger partial charge in [0.15, 0.2) is 5.65 Å². The summed E-state index contributed by atoms with van der Waals surface area (Å²) >= 11 is 0. The fourth-order valence-electron chi connectivity index (χ4n) is 5.23. The Morgan fingerprint density at radius 2 is 1.85 bits per heavy atom. The van der Waals surface area contributed by atoms with E-state index in [0.717, 1.165) is 59.1 Å². The van der Waals surface area contributed by atoms with E-state index in [0.29, 0.717) is 25.0 Å². The fraction of sp³-hybridized carbons (Fsp3) is 0.400. The molecule has 8 nitrogen and oxygen atoms in total. The van der Waals surface area contributed by atoms with Crippen molar-refractivity contribution in [2.45, 2.75) is 45.1 Å². The number of pyridine rings is 2. The van der Waals surface area contributed by atoms with Crippen LogP contribution in [0, 0.1) is 5.92 Å². The van der Waals surface area contributed by atoms with E-state index in [1.807, 2.05) is 35.3 Å². The summed E-state index contributed by atoms with van der Waals surface area (Å²) in [7, 11) is -2.95. The second kappa shape index (κ2) is 8.23. The number of sulfone groups is 1. The number of imidazole rings is 1. The van der Waals surface area contributed by atoms with Crippen molar-refractivity contribution in [2.75, 3.05) is 11.5 Å². The molecule has 0 atom stereocenters. The normalized spacial score (nSPS) is 19.0. The Morgan fingerprint density at radius 1 is 1.06 bits per heavy atom. The van der Waals surface area contributed by atoms with Gasteiger partial charge in [-0.15, -0.1) is 0 Å². The summed E-state index contributed by atoms with van der Waals surface area (Å²) in [5.74, 6) is 0.548. The third-order valence-corrected chi connectivity index (χ3v) is 8.89. The van der Waals surface area contributed by atoms with Gasteiger partial charge in [-0.05, 0) is 62.6 Å². The number of fused-ring (bicyclic) bond motifs is 2. The lowest BCUT2D eigenvalue weighted by Crippen LogP contribution is -2.31. The van der Waals surface area contributed by atoms with Crippen molar-refractivity contribution in [1.29, 1.82) is 0 Å². The van der Waals surface area contributed by atoms with E-state index < -0.39 is 9.84 Å². The molecule has 0 saturated carbocycles. The molecule has 0 unspecified atom stereocenters. The highest BCUT2D eigenvalue weighted by Gasteiger charge is 2.26. The van der Waals surface area contributed by atoms with E-state index in [4.69, 9.17) is 4.98 Å². The topological polar surface area (TPSA) is 103 Å². The van der Waals surface area contributed by atoms with Gasteiger partial charge in [-0.25, -0.2) is 27.7 Å². The molecule has 1 aliphatic carbocycles. The Labute approximate surface area is 197 Å². The predicted molar refractivity (Wildman–Crippen MR) is 133 cm³/mol. The Balaban J connectivity index is 1.47. The largest absolute Gasteiger partial charge is 0.346 e. The fourth-order valence-corrected chi connectivity index (χ4v) is 6.81. The lowest BCUT2D eigenvalue weighted by molar-refractivity contribution is 0.403. The Hall–Kier alpha value is -3.20. The van der Waals surface area contributed by atoms with E-state index in [-0.39, 0.29) is 23.1 Å². The predicted octanol–water partition coefficient (Wildman–Crippen LogP) is 3.98. The summed E-state index contributed by atoms with van der Waals surface area (Å²) in [6.07, 6.45) is 12.9. The van der Waals surface area contributed by atoms with Crippen molar-refractivity contribution in [1.82, 2.24) is 24.1 Å². The molecular formula is C25H27N5O3S. The zero-order valence-electron chi connectivity index (χ0n) is 18.9. The van der Waals surface area contributed by atoms with E-state index in [9.17, 15) is 13.2 Å². The third-order valence-electron chi connectivity index (χ3n) is 7.17. The van der Waals surface area contributed by atoms with Crippen LogP contribution < -0.4 is 5.69 Å². The minimum absolute atomic E-state index is 0.0829. The third kappa shape index (κ3) is 3.77. The average Bonchev–Trinajstić information content (AvgIpc) is 3.42. The molecule has 0 radical (unpaired) electrons. The first-order valence-electron chi connectivity index (χ1n) is 11.9. The van der Waals surface area contributed by atoms with Gasteiger partial charge in [0.2, 0.25) is 0 Å². The molecule has 6 rings (SSSR count). The number of H-pyrrole nitrogens is 1. The smallest absolute Gasteiger partial charge is 0.334 e. The molecule has 1 aliphatic heterocycles. The van der Waals surface area contributed by atoms with E-state index >= 15 is 0 Å².